The van der Waals surface area contributed by atoms with Crippen molar-refractivity contribution in [1.29, 1.82) is 0 Å². The fourth-order valence-corrected chi connectivity index (χ4v) is 4.72. The average molecular weight is 369 g/mol. The van der Waals surface area contributed by atoms with Gasteiger partial charge < -0.3 is 10.4 Å². The van der Waals surface area contributed by atoms with E-state index in [2.05, 4.69) is 21.2 Å². The summed E-state index contributed by atoms with van der Waals surface area (Å²) in [4.78, 5) is 10.9. The highest BCUT2D eigenvalue weighted by Crippen LogP contribution is 2.30. The molecule has 0 spiro atoms. The van der Waals surface area contributed by atoms with E-state index in [1.165, 1.54) is 12.1 Å². The van der Waals surface area contributed by atoms with Crippen molar-refractivity contribution >= 4 is 43.3 Å². The number of rotatable bonds is 3. The maximum Gasteiger partial charge on any atom is 0.320 e. The summed E-state index contributed by atoms with van der Waals surface area (Å²) >= 11 is 9.15. The van der Waals surface area contributed by atoms with Crippen LogP contribution < -0.4 is 5.32 Å². The molecule has 1 aromatic carbocycles. The highest BCUT2D eigenvalue weighted by atomic mass is 79.9. The molecule has 0 amide bonds. The number of carboxylic acids is 1. The molecule has 1 fully saturated rings. The van der Waals surface area contributed by atoms with Gasteiger partial charge in [0.2, 0.25) is 0 Å². The number of nitrogens with one attached hydrogen (secondary N) is 1. The third-order valence-electron chi connectivity index (χ3n) is 3.03. The molecule has 104 valence electrons. The van der Waals surface area contributed by atoms with E-state index in [-0.39, 0.29) is 22.9 Å². The first-order valence-electron chi connectivity index (χ1n) is 5.47. The molecule has 5 nitrogen and oxygen atoms in total. The molecule has 2 atom stereocenters. The summed E-state index contributed by atoms with van der Waals surface area (Å²) in [5.41, 5.74) is 0. The van der Waals surface area contributed by atoms with Crippen LogP contribution in [-0.2, 0) is 14.6 Å². The Morgan fingerprint density at radius 1 is 1.47 bits per heavy atom. The Hall–Kier alpha value is -0.630. The van der Waals surface area contributed by atoms with Crippen molar-refractivity contribution in [3.63, 3.8) is 0 Å². The van der Waals surface area contributed by atoms with Gasteiger partial charge in [-0.1, -0.05) is 27.5 Å². The first kappa shape index (κ1) is 14.8. The van der Waals surface area contributed by atoms with E-state index in [0.717, 1.165) is 0 Å². The van der Waals surface area contributed by atoms with Gasteiger partial charge in [0.15, 0.2) is 9.84 Å². The molecule has 1 aliphatic rings. The fourth-order valence-electron chi connectivity index (χ4n) is 2.01. The first-order chi connectivity index (χ1) is 8.82. The summed E-state index contributed by atoms with van der Waals surface area (Å²) in [6.07, 6.45) is 0.0457. The van der Waals surface area contributed by atoms with Crippen molar-refractivity contribution < 1.29 is 18.3 Å². The van der Waals surface area contributed by atoms with E-state index < -0.39 is 27.1 Å². The summed E-state index contributed by atoms with van der Waals surface area (Å²) in [5, 5.41) is 10.9. The molecule has 2 rings (SSSR count). The molecule has 8 heteroatoms. The molecule has 0 aromatic heterocycles. The molecular weight excluding hydrogens is 358 g/mol. The molecule has 0 bridgehead atoms. The topological polar surface area (TPSA) is 83.5 Å². The second-order valence-corrected chi connectivity index (χ2v) is 7.80. The quantitative estimate of drug-likeness (QED) is 0.848. The lowest BCUT2D eigenvalue weighted by atomic mass is 10.2. The monoisotopic (exact) mass is 367 g/mol. The average Bonchev–Trinajstić information content (AvgIpc) is 2.78. The predicted molar refractivity (Wildman–Crippen MR) is 74.2 cm³/mol. The zero-order valence-corrected chi connectivity index (χ0v) is 12.8. The molecule has 0 unspecified atom stereocenters. The lowest BCUT2D eigenvalue weighted by Gasteiger charge is -2.12. The van der Waals surface area contributed by atoms with Gasteiger partial charge >= 0.3 is 5.97 Å². The number of carbonyl (C=O) groups is 1. The second-order valence-electron chi connectivity index (χ2n) is 4.28. The van der Waals surface area contributed by atoms with Gasteiger partial charge in [-0.25, -0.2) is 8.42 Å². The number of benzene rings is 1. The second kappa shape index (κ2) is 5.40. The van der Waals surface area contributed by atoms with Crippen LogP contribution in [0.4, 0.5) is 0 Å². The number of hydrogen-bond acceptors (Lipinski definition) is 4. The summed E-state index contributed by atoms with van der Waals surface area (Å²) in [6.45, 7) is 0.117. The van der Waals surface area contributed by atoms with Gasteiger partial charge in [0.05, 0.1) is 15.2 Å². The zero-order chi connectivity index (χ0) is 14.2. The molecular formula is C11H11BrClNO4S. The van der Waals surface area contributed by atoms with Gasteiger partial charge in [-0.3, -0.25) is 4.79 Å². The molecule has 1 saturated heterocycles. The van der Waals surface area contributed by atoms with Crippen molar-refractivity contribution in [2.45, 2.75) is 22.6 Å². The molecule has 1 heterocycles. The van der Waals surface area contributed by atoms with Gasteiger partial charge in [0, 0.05) is 11.0 Å². The van der Waals surface area contributed by atoms with Crippen LogP contribution in [0.5, 0.6) is 0 Å². The van der Waals surface area contributed by atoms with Gasteiger partial charge in [-0.15, -0.1) is 0 Å². The Morgan fingerprint density at radius 2 is 2.16 bits per heavy atom. The Morgan fingerprint density at radius 3 is 2.68 bits per heavy atom. The molecule has 0 saturated carbocycles. The highest BCUT2D eigenvalue weighted by molar-refractivity contribution is 9.10. The van der Waals surface area contributed by atoms with Crippen LogP contribution >= 0.6 is 27.5 Å². The number of halogens is 2. The lowest BCUT2D eigenvalue weighted by Crippen LogP contribution is -2.30. The normalized spacial score (nSPS) is 23.5. The van der Waals surface area contributed by atoms with Crippen LogP contribution in [-0.4, -0.2) is 37.3 Å². The minimum atomic E-state index is -3.63. The minimum absolute atomic E-state index is 0.0372. The number of carboxylic acid groups (broad SMARTS) is 1. The SMILES string of the molecule is O=C(O)[C@@H]1C[C@@H](S(=O)(=O)c2ccc(Br)cc2Cl)CN1. The van der Waals surface area contributed by atoms with E-state index in [1.807, 2.05) is 0 Å². The smallest absolute Gasteiger partial charge is 0.320 e. The van der Waals surface area contributed by atoms with E-state index in [9.17, 15) is 13.2 Å². The van der Waals surface area contributed by atoms with Gasteiger partial charge in [-0.2, -0.15) is 0 Å². The van der Waals surface area contributed by atoms with Crippen LogP contribution in [0.1, 0.15) is 6.42 Å². The highest BCUT2D eigenvalue weighted by Gasteiger charge is 2.38. The van der Waals surface area contributed by atoms with Gasteiger partial charge in [0.25, 0.3) is 0 Å². The lowest BCUT2D eigenvalue weighted by molar-refractivity contribution is -0.139. The van der Waals surface area contributed by atoms with Crippen molar-refractivity contribution in [2.24, 2.45) is 0 Å². The van der Waals surface area contributed by atoms with Crippen LogP contribution in [0.2, 0.25) is 5.02 Å². The molecule has 2 N–H and O–H groups in total. The molecule has 19 heavy (non-hydrogen) atoms. The molecule has 0 aliphatic carbocycles. The summed E-state index contributed by atoms with van der Waals surface area (Å²) in [5.74, 6) is -1.04. The minimum Gasteiger partial charge on any atom is -0.480 e. The maximum absolute atomic E-state index is 12.4. The zero-order valence-electron chi connectivity index (χ0n) is 9.64. The van der Waals surface area contributed by atoms with Gasteiger partial charge in [-0.05, 0) is 24.6 Å². The first-order valence-corrected chi connectivity index (χ1v) is 8.19. The number of hydrogen-bond donors (Lipinski definition) is 2. The van der Waals surface area contributed by atoms with E-state index in [1.54, 1.807) is 6.07 Å². The Balaban J connectivity index is 2.31. The number of sulfone groups is 1. The van der Waals surface area contributed by atoms with Crippen molar-refractivity contribution in [1.82, 2.24) is 5.32 Å². The van der Waals surface area contributed by atoms with Crippen LogP contribution in [0, 0.1) is 0 Å². The summed E-state index contributed by atoms with van der Waals surface area (Å²) < 4.78 is 25.5. The summed E-state index contributed by atoms with van der Waals surface area (Å²) in [6, 6.07) is 3.70. The van der Waals surface area contributed by atoms with Crippen molar-refractivity contribution in [3.05, 3.63) is 27.7 Å². The molecule has 1 aromatic rings. The van der Waals surface area contributed by atoms with E-state index in [4.69, 9.17) is 16.7 Å². The molecule has 1 aliphatic heterocycles. The third kappa shape index (κ3) is 2.94. The van der Waals surface area contributed by atoms with Crippen LogP contribution in [0.15, 0.2) is 27.6 Å². The summed E-state index contributed by atoms with van der Waals surface area (Å²) in [7, 11) is -3.63. The third-order valence-corrected chi connectivity index (χ3v) is 6.15. The standard InChI is InChI=1S/C11H11BrClNO4S/c12-6-1-2-10(8(13)3-6)19(17,18)7-4-9(11(15)16)14-5-7/h1-3,7,9,14H,4-5H2,(H,15,16)/t7-,9+/m1/s1. The Kier molecular flexibility index (Phi) is 4.20. The Bertz CT molecular complexity index is 619. The predicted octanol–water partition coefficient (Wildman–Crippen LogP) is 1.69. The van der Waals surface area contributed by atoms with Crippen LogP contribution in [0.3, 0.4) is 0 Å². The molecule has 0 radical (unpaired) electrons. The van der Waals surface area contributed by atoms with E-state index in [0.29, 0.717) is 4.47 Å². The Labute approximate surface area is 124 Å². The maximum atomic E-state index is 12.4. The van der Waals surface area contributed by atoms with Gasteiger partial charge in [0.1, 0.15) is 6.04 Å². The van der Waals surface area contributed by atoms with Crippen LogP contribution in [0.25, 0.3) is 0 Å². The van der Waals surface area contributed by atoms with Crippen molar-refractivity contribution in [2.75, 3.05) is 6.54 Å². The largest absolute Gasteiger partial charge is 0.480 e. The fraction of sp³-hybridized carbons (Fsp3) is 0.364. The van der Waals surface area contributed by atoms with Crippen molar-refractivity contribution in [3.8, 4) is 0 Å². The number of aliphatic carboxylic acids is 1. The van der Waals surface area contributed by atoms with E-state index >= 15 is 0 Å².